The zero-order valence-electron chi connectivity index (χ0n) is 69.4. The van der Waals surface area contributed by atoms with Crippen molar-refractivity contribution >= 4 is 89.7 Å². The van der Waals surface area contributed by atoms with Crippen molar-refractivity contribution in [3.05, 3.63) is 240 Å². The Hall–Kier alpha value is -14.0. The second-order valence-corrected chi connectivity index (χ2v) is 25.8. The number of hydrogen-bond acceptors (Lipinski definition) is 25. The topological polar surface area (TPSA) is 457 Å². The van der Waals surface area contributed by atoms with Gasteiger partial charge < -0.3 is 95.2 Å². The summed E-state index contributed by atoms with van der Waals surface area (Å²) in [6, 6.07) is 44.3. The van der Waals surface area contributed by atoms with Crippen LogP contribution in [0.1, 0.15) is 69.4 Å². The van der Waals surface area contributed by atoms with Gasteiger partial charge in [0, 0.05) is 93.9 Å². The van der Waals surface area contributed by atoms with Crippen LogP contribution in [0.25, 0.3) is 0 Å². The Balaban J connectivity index is 0.000000751. The quantitative estimate of drug-likeness (QED) is 0.0117. The molecule has 5 aromatic carbocycles. The van der Waals surface area contributed by atoms with Gasteiger partial charge in [-0.05, 0) is 86.6 Å². The predicted molar refractivity (Wildman–Crippen MR) is 442 cm³/mol. The van der Waals surface area contributed by atoms with E-state index in [2.05, 4.69) is 71.5 Å². The monoisotopic (exact) mass is 1670 g/mol. The Morgan fingerprint density at radius 3 is 0.717 bits per heavy atom. The Labute approximate surface area is 698 Å². The van der Waals surface area contributed by atoms with E-state index in [1.807, 2.05) is 186 Å². The molecule has 34 nitrogen and oxygen atoms in total. The molecule has 0 aliphatic heterocycles. The van der Waals surface area contributed by atoms with Crippen LogP contribution in [-0.4, -0.2) is 215 Å². The highest BCUT2D eigenvalue weighted by Gasteiger charge is 2.21. The molecule has 0 heterocycles. The Kier molecular flexibility index (Phi) is 55.7. The molecule has 0 spiro atoms. The van der Waals surface area contributed by atoms with Crippen LogP contribution in [0.2, 0.25) is 0 Å². The molecule has 5 atom stereocenters. The first kappa shape index (κ1) is 104. The lowest BCUT2D eigenvalue weighted by atomic mass is 10.1. The molecule has 0 bridgehead atoms. The summed E-state index contributed by atoms with van der Waals surface area (Å²) in [6.45, 7) is 11.9. The molecular formula is C86H111N9O25. The van der Waals surface area contributed by atoms with E-state index in [0.29, 0.717) is 51.1 Å². The van der Waals surface area contributed by atoms with Gasteiger partial charge in [-0.3, -0.25) is 4.79 Å². The van der Waals surface area contributed by atoms with Crippen LogP contribution in [0.4, 0.5) is 19.2 Å². The molecule has 0 saturated heterocycles. The first-order valence-electron chi connectivity index (χ1n) is 37.7. The molecule has 9 N–H and O–H groups in total. The molecule has 0 aromatic heterocycles. The van der Waals surface area contributed by atoms with Gasteiger partial charge >= 0.3 is 83.8 Å². The zero-order chi connectivity index (χ0) is 89.3. The van der Waals surface area contributed by atoms with Crippen molar-refractivity contribution in [2.24, 2.45) is 5.92 Å². The smallest absolute Gasteiger partial charge is 0.331 e. The third-order valence-electron chi connectivity index (χ3n) is 14.9. The second kappa shape index (κ2) is 64.2. The van der Waals surface area contributed by atoms with E-state index in [-0.39, 0.29) is 75.1 Å². The fraction of sp³-hybridized carbons (Fsp3) is 0.360. The van der Waals surface area contributed by atoms with E-state index >= 15 is 0 Å². The lowest BCUT2D eigenvalue weighted by Crippen LogP contribution is -2.47. The van der Waals surface area contributed by atoms with Crippen molar-refractivity contribution < 1.29 is 119 Å². The van der Waals surface area contributed by atoms with Crippen molar-refractivity contribution in [1.29, 1.82) is 0 Å². The first-order chi connectivity index (χ1) is 57.4. The Morgan fingerprint density at radius 2 is 0.508 bits per heavy atom. The second-order valence-electron chi connectivity index (χ2n) is 25.8. The molecule has 0 radical (unpaired) electrons. The van der Waals surface area contributed by atoms with E-state index in [4.69, 9.17) is 23.7 Å². The first-order valence-corrected chi connectivity index (χ1v) is 37.7. The van der Waals surface area contributed by atoms with Gasteiger partial charge in [-0.25, -0.2) is 67.1 Å². The zero-order valence-corrected chi connectivity index (χ0v) is 69.4. The standard InChI is InChI=1S/C19H26N2O5.C18H24N2O5.C17H22N2O5.C16H20N2O5.C16H19NO5/c1-14(2)12-20-19(24)21-16(11-15-7-5-4-6-8-15)13-26-18(23)10-9-17(22)25-3;1-13(2)19-18(23)20-15(11-14-7-5-4-6-8-14)12-25-17(22)10-9-16(21)24-3;1-3-18-17(22)19-14(11-13-7-5-4-6-8-13)12-24-16(21)10-9-15(20)23-2;1-17-16(21)18-13(10-12-6-4-3-5-7-12)11-23-15(20)9-8-14(19)22-2;1-12(18)17-14(10-13-6-4-3-5-7-13)11-22-16(20)9-8-15(19)21-2/h4-10,14,16H,11-13H2,1-3H3,(H2,20,21,24);4-10,13,15H,11-12H2,1-3H3,(H2,19,20,23);4-10,14H,3,11-12H2,1-2H3,(H2,18,19,22);3-9,13H,10-11H2,1-2H3,(H2,17,18,21);3-9,14H,10-11H2,1-2H3,(H,17,18)/b3*10-9+;2*9-8+/t16-;15-;14-;13-;14-/m00000/s1. The third kappa shape index (κ3) is 56.3. The van der Waals surface area contributed by atoms with E-state index in [1.54, 1.807) is 0 Å². The minimum atomic E-state index is -0.688. The summed E-state index contributed by atoms with van der Waals surface area (Å²) in [4.78, 5) is 171. The van der Waals surface area contributed by atoms with E-state index in [0.717, 1.165) is 88.6 Å². The highest BCUT2D eigenvalue weighted by Crippen LogP contribution is 2.10. The number of nitrogens with one attached hydrogen (secondary N) is 9. The van der Waals surface area contributed by atoms with Crippen LogP contribution >= 0.6 is 0 Å². The summed E-state index contributed by atoms with van der Waals surface area (Å²) in [5, 5.41) is 24.4. The van der Waals surface area contributed by atoms with Gasteiger partial charge in [-0.2, -0.15) is 0 Å². The number of carbonyl (C=O) groups is 15. The van der Waals surface area contributed by atoms with Gasteiger partial charge in [-0.15, -0.1) is 0 Å². The molecule has 5 rings (SSSR count). The number of benzene rings is 5. The average molecular weight is 1670 g/mol. The van der Waals surface area contributed by atoms with Crippen molar-refractivity contribution in [3.63, 3.8) is 0 Å². The minimum Gasteiger partial charge on any atom is -0.466 e. The van der Waals surface area contributed by atoms with Crippen molar-refractivity contribution in [2.45, 2.75) is 110 Å². The summed E-state index contributed by atoms with van der Waals surface area (Å²) in [7, 11) is 7.56. The number of ether oxygens (including phenoxy) is 10. The molecule has 0 unspecified atom stereocenters. The highest BCUT2D eigenvalue weighted by atomic mass is 16.6. The number of amides is 9. The summed E-state index contributed by atoms with van der Waals surface area (Å²) >= 11 is 0. The fourth-order valence-corrected chi connectivity index (χ4v) is 9.39. The number of urea groups is 4. The van der Waals surface area contributed by atoms with Crippen molar-refractivity contribution in [3.8, 4) is 0 Å². The maximum atomic E-state index is 12.0. The maximum absolute atomic E-state index is 12.0. The SMILES string of the molecule is CCNC(=O)N[C@H](COC(=O)/C=C/C(=O)OC)Cc1ccccc1.CNC(=O)N[C@H](COC(=O)/C=C/C(=O)OC)Cc1ccccc1.COC(=O)/C=C/C(=O)OC[C@H](Cc1ccccc1)NC(=O)NC(C)C.COC(=O)/C=C/C(=O)OC[C@H](Cc1ccccc1)NC(=O)NCC(C)C.COC(=O)/C=C/C(=O)OC[C@H](Cc1ccccc1)NC(C)=O. The van der Waals surface area contributed by atoms with Crippen LogP contribution in [0, 0.1) is 5.92 Å². The Morgan fingerprint density at radius 1 is 0.292 bits per heavy atom. The van der Waals surface area contributed by atoms with Crippen LogP contribution < -0.4 is 47.9 Å². The predicted octanol–water partition coefficient (Wildman–Crippen LogP) is 6.40. The highest BCUT2D eigenvalue weighted by molar-refractivity contribution is 5.94. The van der Waals surface area contributed by atoms with Crippen LogP contribution in [-0.2, 0) is 132 Å². The lowest BCUT2D eigenvalue weighted by molar-refractivity contribution is -0.140. The van der Waals surface area contributed by atoms with Crippen molar-refractivity contribution in [2.75, 3.05) is 88.7 Å². The van der Waals surface area contributed by atoms with Crippen LogP contribution in [0.15, 0.2) is 212 Å². The fourth-order valence-electron chi connectivity index (χ4n) is 9.39. The molecule has 120 heavy (non-hydrogen) atoms. The van der Waals surface area contributed by atoms with Gasteiger partial charge in [0.2, 0.25) is 5.91 Å². The number of hydrogen-bond donors (Lipinski definition) is 9. The molecule has 9 amide bonds. The van der Waals surface area contributed by atoms with Crippen molar-refractivity contribution in [1.82, 2.24) is 47.9 Å². The van der Waals surface area contributed by atoms with Gasteiger partial charge in [0.1, 0.15) is 33.0 Å². The normalized spacial score (nSPS) is 11.7. The number of methoxy groups -OCH3 is 5. The molecule has 650 valence electrons. The van der Waals surface area contributed by atoms with Gasteiger partial charge in [0.15, 0.2) is 0 Å². The average Bonchev–Trinajstić information content (AvgIpc) is 0.977. The van der Waals surface area contributed by atoms with Crippen LogP contribution in [0.3, 0.4) is 0 Å². The summed E-state index contributed by atoms with van der Waals surface area (Å²) < 4.78 is 47.3. The van der Waals surface area contributed by atoms with Crippen LogP contribution in [0.5, 0.6) is 0 Å². The van der Waals surface area contributed by atoms with Gasteiger partial charge in [0.05, 0.1) is 65.8 Å². The van der Waals surface area contributed by atoms with E-state index < -0.39 is 83.9 Å². The molecule has 0 aliphatic carbocycles. The van der Waals surface area contributed by atoms with E-state index in [9.17, 15) is 71.9 Å². The molecule has 5 aromatic rings. The molecule has 0 saturated carbocycles. The minimum absolute atomic E-state index is 0.0112. The molecule has 34 heteroatoms. The van der Waals surface area contributed by atoms with Gasteiger partial charge in [0.25, 0.3) is 0 Å². The Bertz CT molecular complexity index is 4090. The lowest BCUT2D eigenvalue weighted by Gasteiger charge is -2.20. The van der Waals surface area contributed by atoms with Gasteiger partial charge in [-0.1, -0.05) is 166 Å². The molecule has 0 fully saturated rings. The largest absolute Gasteiger partial charge is 0.466 e. The molecular weight excluding hydrogens is 1560 g/mol. The number of carbonyl (C=O) groups excluding carboxylic acids is 15. The summed E-state index contributed by atoms with van der Waals surface area (Å²) in [5.41, 5.74) is 5.01. The summed E-state index contributed by atoms with van der Waals surface area (Å²) in [6.07, 6.45) is 12.4. The number of esters is 10. The number of rotatable bonds is 39. The third-order valence-corrected chi connectivity index (χ3v) is 14.9. The molecule has 0 aliphatic rings. The van der Waals surface area contributed by atoms with E-state index in [1.165, 1.54) is 49.5 Å². The maximum Gasteiger partial charge on any atom is 0.331 e. The summed E-state index contributed by atoms with van der Waals surface area (Å²) in [5.74, 6) is -6.51.